The Balaban J connectivity index is 0.849. The first-order chi connectivity index (χ1) is 31.0. The average Bonchev–Trinajstić information content (AvgIpc) is 3.80. The monoisotopic (exact) mass is 900 g/mol. The number of nitrogens with one attached hydrogen (secondary N) is 2. The van der Waals surface area contributed by atoms with Crippen LogP contribution in [0.3, 0.4) is 0 Å². The van der Waals surface area contributed by atoms with Crippen molar-refractivity contribution in [3.63, 3.8) is 0 Å². The van der Waals surface area contributed by atoms with Gasteiger partial charge in [0.1, 0.15) is 35.2 Å². The van der Waals surface area contributed by atoms with Gasteiger partial charge in [-0.2, -0.15) is 0 Å². The van der Waals surface area contributed by atoms with E-state index in [1.54, 1.807) is 38.5 Å². The third-order valence-electron chi connectivity index (χ3n) is 11.2. The number of amides is 2. The first-order valence-corrected chi connectivity index (χ1v) is 21.7. The lowest BCUT2D eigenvalue weighted by molar-refractivity contribution is -0.125. The number of rotatable bonds is 16. The Morgan fingerprint density at radius 1 is 0.656 bits per heavy atom. The highest BCUT2D eigenvalue weighted by Crippen LogP contribution is 2.38. The third kappa shape index (κ3) is 9.31. The fraction of sp³-hybridized carbons (Fsp3) is 0.298. The van der Waals surface area contributed by atoms with Crippen molar-refractivity contribution >= 4 is 52.2 Å². The first-order valence-electron chi connectivity index (χ1n) is 21.0. The molecule has 0 unspecified atom stereocenters. The molecule has 15 nitrogen and oxygen atoms in total. The number of unbranched alkanes of at least 4 members (excludes halogenated alkanes) is 2. The lowest BCUT2D eigenvalue weighted by Crippen LogP contribution is -2.30. The van der Waals surface area contributed by atoms with Crippen LogP contribution in [-0.2, 0) is 14.4 Å². The quantitative estimate of drug-likeness (QED) is 0.0936. The molecule has 2 aliphatic heterocycles. The highest BCUT2D eigenvalue weighted by Gasteiger charge is 2.33. The number of aromatic nitrogens is 6. The average molecular weight is 902 g/mol. The van der Waals surface area contributed by atoms with Gasteiger partial charge >= 0.3 is 0 Å². The van der Waals surface area contributed by atoms with Gasteiger partial charge in [-0.3, -0.25) is 33.5 Å². The molecule has 328 valence electrons. The molecule has 6 aromatic rings. The fourth-order valence-electron chi connectivity index (χ4n) is 8.06. The van der Waals surface area contributed by atoms with Gasteiger partial charge in [0.2, 0.25) is 11.8 Å². The van der Waals surface area contributed by atoms with Crippen molar-refractivity contribution in [3.05, 3.63) is 141 Å². The molecule has 0 saturated carbocycles. The second kappa shape index (κ2) is 19.4. The zero-order valence-corrected chi connectivity index (χ0v) is 37.3. The lowest BCUT2D eigenvalue weighted by atomic mass is 9.99. The van der Waals surface area contributed by atoms with E-state index in [1.165, 1.54) is 0 Å². The molecule has 2 atom stereocenters. The van der Waals surface area contributed by atoms with Gasteiger partial charge in [-0.05, 0) is 81.3 Å². The number of fused-ring (bicyclic) bond motifs is 6. The van der Waals surface area contributed by atoms with Crippen LogP contribution >= 0.6 is 23.2 Å². The normalized spacial score (nSPS) is 15.0. The summed E-state index contributed by atoms with van der Waals surface area (Å²) in [4.78, 5) is 50.0. The number of methoxy groups -OCH3 is 2. The zero-order chi connectivity index (χ0) is 44.9. The van der Waals surface area contributed by atoms with Crippen LogP contribution < -0.4 is 20.1 Å². The van der Waals surface area contributed by atoms with Crippen molar-refractivity contribution in [3.8, 4) is 22.9 Å². The summed E-state index contributed by atoms with van der Waals surface area (Å²) >= 11 is 12.5. The highest BCUT2D eigenvalue weighted by atomic mass is 35.5. The molecule has 2 aliphatic rings. The Bertz CT molecular complexity index is 2780. The van der Waals surface area contributed by atoms with E-state index in [0.29, 0.717) is 82.1 Å². The lowest BCUT2D eigenvalue weighted by Gasteiger charge is -2.16. The van der Waals surface area contributed by atoms with Gasteiger partial charge in [0.25, 0.3) is 0 Å². The van der Waals surface area contributed by atoms with Crippen LogP contribution in [0, 0.1) is 13.8 Å². The van der Waals surface area contributed by atoms with Crippen molar-refractivity contribution in [2.24, 2.45) is 9.98 Å². The largest absolute Gasteiger partial charge is 0.497 e. The third-order valence-corrected chi connectivity index (χ3v) is 11.7. The summed E-state index contributed by atoms with van der Waals surface area (Å²) in [5.74, 6) is 2.99. The molecule has 0 saturated heterocycles. The second-order valence-corrected chi connectivity index (χ2v) is 16.4. The Morgan fingerprint density at radius 2 is 1.25 bits per heavy atom. The number of nitrogens with zero attached hydrogens (tertiary/aromatic N) is 8. The van der Waals surface area contributed by atoms with Crippen LogP contribution in [0.25, 0.3) is 11.4 Å². The highest BCUT2D eigenvalue weighted by molar-refractivity contribution is 6.31. The number of halogens is 2. The minimum atomic E-state index is -0.711. The molecule has 8 rings (SSSR count). The van der Waals surface area contributed by atoms with Crippen molar-refractivity contribution < 1.29 is 23.9 Å². The maximum atomic E-state index is 13.4. The summed E-state index contributed by atoms with van der Waals surface area (Å²) < 4.78 is 15.2. The smallest absolute Gasteiger partial charge is 0.222 e. The predicted octanol–water partition coefficient (Wildman–Crippen LogP) is 7.42. The molecule has 4 aromatic carbocycles. The van der Waals surface area contributed by atoms with Crippen LogP contribution in [0.4, 0.5) is 0 Å². The molecule has 17 heteroatoms. The Hall–Kier alpha value is -6.71. The second-order valence-electron chi connectivity index (χ2n) is 15.5. The Morgan fingerprint density at radius 3 is 1.88 bits per heavy atom. The van der Waals surface area contributed by atoms with E-state index in [0.717, 1.165) is 33.6 Å². The molecule has 64 heavy (non-hydrogen) atoms. The molecule has 2 N–H and O–H groups in total. The van der Waals surface area contributed by atoms with Crippen molar-refractivity contribution in [2.45, 2.75) is 64.5 Å². The van der Waals surface area contributed by atoms with Crippen molar-refractivity contribution in [1.82, 2.24) is 40.2 Å². The van der Waals surface area contributed by atoms with Gasteiger partial charge in [0.15, 0.2) is 17.4 Å². The standard InChI is InChI=1S/C47H46Cl2N10O5/c1-27-54-56-46-36(52-44(29-12-16-31(48)17-13-29)35-23-34(63-3)20-21-38(35)58(27)46)24-41(61)50-22-7-5-6-9-33(60)26-51-42(62)25-37-47-57-55-28(2)59(47)39-10-8-11-40(64-4)43(39)45(53-37)30-14-18-32(49)19-15-30/h8,10-21,23,36-37H,5-7,9,22,24-26H2,1-4H3,(H,50,61)(H,51,62)/t36-,37-/m1/s1. The van der Waals surface area contributed by atoms with E-state index in [1.807, 2.05) is 83.6 Å². The molecule has 0 spiro atoms. The summed E-state index contributed by atoms with van der Waals surface area (Å²) in [6, 6.07) is 24.8. The van der Waals surface area contributed by atoms with Crippen LogP contribution in [0.1, 0.15) is 96.2 Å². The van der Waals surface area contributed by atoms with Crippen LogP contribution in [0.5, 0.6) is 11.5 Å². The van der Waals surface area contributed by atoms with Gasteiger partial charge in [-0.1, -0.05) is 60.0 Å². The molecule has 0 radical (unpaired) electrons. The van der Waals surface area contributed by atoms with Gasteiger partial charge in [-0.25, -0.2) is 0 Å². The van der Waals surface area contributed by atoms with Crippen LogP contribution in [-0.4, -0.2) is 85.9 Å². The van der Waals surface area contributed by atoms with Crippen LogP contribution in [0.15, 0.2) is 94.9 Å². The predicted molar refractivity (Wildman–Crippen MR) is 244 cm³/mol. The van der Waals surface area contributed by atoms with E-state index in [9.17, 15) is 14.4 Å². The maximum absolute atomic E-state index is 13.4. The number of Topliss-reactive ketones (excluding diaryl/α,β-unsaturated/α-hetero) is 1. The fourth-order valence-corrected chi connectivity index (χ4v) is 8.31. The minimum absolute atomic E-state index is 0.0479. The Kier molecular flexibility index (Phi) is 13.3. The first kappa shape index (κ1) is 43.9. The van der Waals surface area contributed by atoms with Crippen molar-refractivity contribution in [2.75, 3.05) is 27.3 Å². The SMILES string of the molecule is COc1ccc2c(c1)C(c1ccc(Cl)cc1)=N[C@H](CC(=O)NCCCCCC(=O)CNC(=O)C[C@H]1N=C(c3ccc(Cl)cc3)c3c(OC)cccc3-n3c(C)nnc31)c1nnc(C)n1-2. The number of ether oxygens (including phenoxy) is 2. The molecular weight excluding hydrogens is 855 g/mol. The van der Waals surface area contributed by atoms with E-state index in [4.69, 9.17) is 42.7 Å². The molecule has 0 aliphatic carbocycles. The summed E-state index contributed by atoms with van der Waals surface area (Å²) in [5.41, 5.74) is 6.07. The summed E-state index contributed by atoms with van der Waals surface area (Å²) in [5, 5.41) is 24.6. The number of carbonyl (C=O) groups is 3. The summed E-state index contributed by atoms with van der Waals surface area (Å²) in [6.45, 7) is 4.02. The van der Waals surface area contributed by atoms with Gasteiger partial charge in [-0.15, -0.1) is 20.4 Å². The zero-order valence-electron chi connectivity index (χ0n) is 35.8. The van der Waals surface area contributed by atoms with E-state index >= 15 is 0 Å². The van der Waals surface area contributed by atoms with Gasteiger partial charge in [0, 0.05) is 39.7 Å². The number of aliphatic imine (C=N–C) groups is 2. The molecule has 0 fully saturated rings. The molecule has 4 heterocycles. The number of ketones is 1. The van der Waals surface area contributed by atoms with Gasteiger partial charge in [0.05, 0.1) is 62.0 Å². The number of hydrogen-bond acceptors (Lipinski definition) is 11. The van der Waals surface area contributed by atoms with E-state index in [2.05, 4.69) is 31.0 Å². The van der Waals surface area contributed by atoms with Crippen LogP contribution in [0.2, 0.25) is 10.0 Å². The number of benzene rings is 4. The van der Waals surface area contributed by atoms with E-state index in [-0.39, 0.29) is 43.4 Å². The molecule has 2 aromatic heterocycles. The Labute approximate surface area is 380 Å². The summed E-state index contributed by atoms with van der Waals surface area (Å²) in [6.07, 6.45) is 2.24. The van der Waals surface area contributed by atoms with Gasteiger partial charge < -0.3 is 20.1 Å². The van der Waals surface area contributed by atoms with E-state index < -0.39 is 12.1 Å². The van der Waals surface area contributed by atoms with Crippen molar-refractivity contribution in [1.29, 1.82) is 0 Å². The molecular formula is C47H46Cl2N10O5. The number of aryl methyl sites for hydroxylation is 2. The topological polar surface area (TPSA) is 180 Å². The molecule has 2 amide bonds. The molecule has 0 bridgehead atoms. The summed E-state index contributed by atoms with van der Waals surface area (Å²) in [7, 11) is 3.21. The maximum Gasteiger partial charge on any atom is 0.222 e. The number of hydrogen-bond donors (Lipinski definition) is 2. The number of carbonyl (C=O) groups excluding carboxylic acids is 3. The minimum Gasteiger partial charge on any atom is -0.497 e.